The number of nitrogens with one attached hydrogen (secondary N) is 1. The first-order valence-electron chi connectivity index (χ1n) is 9.23. The molecule has 0 bridgehead atoms. The lowest BCUT2D eigenvalue weighted by Gasteiger charge is -2.31. The third-order valence-corrected chi connectivity index (χ3v) is 5.26. The topological polar surface area (TPSA) is 63.7 Å². The minimum Gasteiger partial charge on any atom is -0.454 e. The Morgan fingerprint density at radius 2 is 2.19 bits per heavy atom. The Labute approximate surface area is 163 Å². The number of hydrogen-bond acceptors (Lipinski definition) is 5. The zero-order valence-electron chi connectivity index (χ0n) is 15.0. The van der Waals surface area contributed by atoms with Crippen LogP contribution in [-0.4, -0.2) is 41.7 Å². The number of nitrogens with zero attached hydrogens (tertiary/aromatic N) is 2. The minimum atomic E-state index is -0.0623. The lowest BCUT2D eigenvalue weighted by atomic mass is 10.0. The number of rotatable bonds is 4. The highest BCUT2D eigenvalue weighted by atomic mass is 35.5. The third kappa shape index (κ3) is 4.01. The van der Waals surface area contributed by atoms with Crippen LogP contribution in [0.25, 0.3) is 0 Å². The number of halogens is 1. The van der Waals surface area contributed by atoms with Crippen LogP contribution in [0.1, 0.15) is 35.3 Å². The molecule has 7 heteroatoms. The summed E-state index contributed by atoms with van der Waals surface area (Å²) in [4.78, 5) is 19.8. The summed E-state index contributed by atoms with van der Waals surface area (Å²) < 4.78 is 10.8. The Bertz CT molecular complexity index is 808. The fourth-order valence-electron chi connectivity index (χ4n) is 3.60. The lowest BCUT2D eigenvalue weighted by Crippen LogP contribution is -2.40. The Morgan fingerprint density at radius 3 is 3.04 bits per heavy atom. The van der Waals surface area contributed by atoms with Crippen molar-refractivity contribution in [1.29, 1.82) is 0 Å². The normalized spacial score (nSPS) is 18.8. The van der Waals surface area contributed by atoms with Gasteiger partial charge in [0.05, 0.1) is 17.3 Å². The molecular weight excluding hydrogens is 366 g/mol. The van der Waals surface area contributed by atoms with Crippen molar-refractivity contribution < 1.29 is 14.3 Å². The van der Waals surface area contributed by atoms with E-state index in [2.05, 4.69) is 10.3 Å². The molecule has 2 aliphatic heterocycles. The van der Waals surface area contributed by atoms with E-state index >= 15 is 0 Å². The van der Waals surface area contributed by atoms with Crippen molar-refractivity contribution in [1.82, 2.24) is 15.2 Å². The molecule has 1 aromatic carbocycles. The Kier molecular flexibility index (Phi) is 5.45. The number of aromatic nitrogens is 1. The maximum Gasteiger partial charge on any atom is 0.254 e. The number of hydrogen-bond donors (Lipinski definition) is 1. The number of ether oxygens (including phenoxy) is 2. The number of fused-ring (bicyclic) bond motifs is 1. The summed E-state index contributed by atoms with van der Waals surface area (Å²) in [6.45, 7) is 2.48. The van der Waals surface area contributed by atoms with Crippen molar-refractivity contribution in [2.24, 2.45) is 0 Å². The van der Waals surface area contributed by atoms with Crippen LogP contribution in [0.2, 0.25) is 5.02 Å². The summed E-state index contributed by atoms with van der Waals surface area (Å²) in [6.07, 6.45) is 4.67. The summed E-state index contributed by atoms with van der Waals surface area (Å²) >= 11 is 6.30. The molecule has 0 radical (unpaired) electrons. The maximum absolute atomic E-state index is 13.4. The standard InChI is InChI=1S/C20H22ClN3O3/c21-17-10-14(11-18-19(17)27-13-26-18)20(25)24(12-15-4-1-2-8-23-15)16-5-3-7-22-9-6-16/h1-2,4,8,10-11,16,22H,3,5-7,9,12-13H2. The predicted octanol–water partition coefficient (Wildman–Crippen LogP) is 3.25. The molecule has 1 fully saturated rings. The molecule has 1 N–H and O–H groups in total. The smallest absolute Gasteiger partial charge is 0.254 e. The van der Waals surface area contributed by atoms with E-state index in [0.29, 0.717) is 28.6 Å². The van der Waals surface area contributed by atoms with Crippen molar-refractivity contribution in [3.8, 4) is 11.5 Å². The lowest BCUT2D eigenvalue weighted by molar-refractivity contribution is 0.0642. The second kappa shape index (κ2) is 8.15. The fourth-order valence-corrected chi connectivity index (χ4v) is 3.87. The van der Waals surface area contributed by atoms with Crippen LogP contribution >= 0.6 is 11.6 Å². The van der Waals surface area contributed by atoms with Crippen LogP contribution in [-0.2, 0) is 6.54 Å². The predicted molar refractivity (Wildman–Crippen MR) is 102 cm³/mol. The first kappa shape index (κ1) is 18.1. The molecule has 1 amide bonds. The Hall–Kier alpha value is -2.31. The fraction of sp³-hybridized carbons (Fsp3) is 0.400. The van der Waals surface area contributed by atoms with Crippen molar-refractivity contribution in [3.05, 3.63) is 52.8 Å². The molecule has 4 rings (SSSR count). The maximum atomic E-state index is 13.4. The van der Waals surface area contributed by atoms with Gasteiger partial charge >= 0.3 is 0 Å². The van der Waals surface area contributed by atoms with Crippen molar-refractivity contribution in [2.75, 3.05) is 19.9 Å². The van der Waals surface area contributed by atoms with Gasteiger partial charge in [-0.3, -0.25) is 9.78 Å². The number of benzene rings is 1. The van der Waals surface area contributed by atoms with Crippen LogP contribution in [0.5, 0.6) is 11.5 Å². The molecule has 0 aliphatic carbocycles. The minimum absolute atomic E-state index is 0.0623. The van der Waals surface area contributed by atoms with Crippen LogP contribution in [0.15, 0.2) is 36.5 Å². The highest BCUT2D eigenvalue weighted by molar-refractivity contribution is 6.32. The second-order valence-corrected chi connectivity index (χ2v) is 7.19. The van der Waals surface area contributed by atoms with Crippen LogP contribution in [0.4, 0.5) is 0 Å². The Balaban J connectivity index is 1.64. The molecule has 142 valence electrons. The van der Waals surface area contributed by atoms with Crippen LogP contribution in [0, 0.1) is 0 Å². The van der Waals surface area contributed by atoms with Gasteiger partial charge in [-0.05, 0) is 56.6 Å². The SMILES string of the molecule is O=C(c1cc(Cl)c2c(c1)OCO2)N(Cc1ccccn1)C1CCCNCC1. The third-order valence-electron chi connectivity index (χ3n) is 4.98. The molecule has 1 atom stereocenters. The molecule has 0 saturated carbocycles. The molecule has 0 spiro atoms. The molecule has 1 aromatic heterocycles. The van der Waals surface area contributed by atoms with Gasteiger partial charge in [-0.2, -0.15) is 0 Å². The number of pyridine rings is 1. The van der Waals surface area contributed by atoms with Gasteiger partial charge in [-0.25, -0.2) is 0 Å². The van der Waals surface area contributed by atoms with Crippen LogP contribution in [0.3, 0.4) is 0 Å². The zero-order valence-corrected chi connectivity index (χ0v) is 15.7. The molecule has 2 aromatic rings. The molecule has 2 aliphatic rings. The largest absolute Gasteiger partial charge is 0.454 e. The van der Waals surface area contributed by atoms with Crippen LogP contribution < -0.4 is 14.8 Å². The van der Waals surface area contributed by atoms with Gasteiger partial charge in [0, 0.05) is 17.8 Å². The average Bonchev–Trinajstić information content (AvgIpc) is 3.01. The first-order valence-corrected chi connectivity index (χ1v) is 9.61. The molecule has 1 unspecified atom stereocenters. The highest BCUT2D eigenvalue weighted by Gasteiger charge is 2.28. The number of carbonyl (C=O) groups is 1. The second-order valence-electron chi connectivity index (χ2n) is 6.78. The Morgan fingerprint density at radius 1 is 1.26 bits per heavy atom. The van der Waals surface area contributed by atoms with Crippen molar-refractivity contribution in [2.45, 2.75) is 31.8 Å². The van der Waals surface area contributed by atoms with E-state index in [1.807, 2.05) is 23.1 Å². The molecule has 6 nitrogen and oxygen atoms in total. The van der Waals surface area contributed by atoms with Crippen molar-refractivity contribution in [3.63, 3.8) is 0 Å². The van der Waals surface area contributed by atoms with Gasteiger partial charge in [-0.1, -0.05) is 17.7 Å². The summed E-state index contributed by atoms with van der Waals surface area (Å²) in [5.41, 5.74) is 1.38. The number of carbonyl (C=O) groups excluding carboxylic acids is 1. The zero-order chi connectivity index (χ0) is 18.6. The van der Waals surface area contributed by atoms with Gasteiger partial charge in [0.25, 0.3) is 5.91 Å². The van der Waals surface area contributed by atoms with Crippen molar-refractivity contribution >= 4 is 17.5 Å². The van der Waals surface area contributed by atoms with E-state index in [0.717, 1.165) is 38.0 Å². The molecular formula is C20H22ClN3O3. The summed E-state index contributed by atoms with van der Waals surface area (Å²) in [6, 6.07) is 9.30. The van der Waals surface area contributed by atoms with Gasteiger partial charge in [0.15, 0.2) is 11.5 Å². The summed E-state index contributed by atoms with van der Waals surface area (Å²) in [5, 5.41) is 3.80. The van der Waals surface area contributed by atoms with E-state index in [-0.39, 0.29) is 18.7 Å². The van der Waals surface area contributed by atoms with E-state index in [4.69, 9.17) is 21.1 Å². The van der Waals surface area contributed by atoms with Gasteiger partial charge < -0.3 is 19.7 Å². The van der Waals surface area contributed by atoms with Gasteiger partial charge in [0.1, 0.15) is 0 Å². The molecule has 1 saturated heterocycles. The van der Waals surface area contributed by atoms with Gasteiger partial charge in [-0.15, -0.1) is 0 Å². The van der Waals surface area contributed by atoms with Gasteiger partial charge in [0.2, 0.25) is 6.79 Å². The average molecular weight is 388 g/mol. The summed E-state index contributed by atoms with van der Waals surface area (Å²) in [5.74, 6) is 0.960. The molecule has 27 heavy (non-hydrogen) atoms. The van der Waals surface area contributed by atoms with E-state index in [1.54, 1.807) is 18.3 Å². The number of amides is 1. The summed E-state index contributed by atoms with van der Waals surface area (Å²) in [7, 11) is 0. The molecule has 3 heterocycles. The van der Waals surface area contributed by atoms with E-state index in [1.165, 1.54) is 0 Å². The quantitative estimate of drug-likeness (QED) is 0.872. The first-order chi connectivity index (χ1) is 13.2. The highest BCUT2D eigenvalue weighted by Crippen LogP contribution is 2.40. The monoisotopic (exact) mass is 387 g/mol. The van der Waals surface area contributed by atoms with E-state index in [9.17, 15) is 4.79 Å². The van der Waals surface area contributed by atoms with E-state index < -0.39 is 0 Å².